The summed E-state index contributed by atoms with van der Waals surface area (Å²) >= 11 is 0. The van der Waals surface area contributed by atoms with Crippen molar-refractivity contribution in [1.82, 2.24) is 0 Å². The second kappa shape index (κ2) is 5.75. The van der Waals surface area contributed by atoms with Crippen LogP contribution in [0.15, 0.2) is 18.2 Å². The highest BCUT2D eigenvalue weighted by Crippen LogP contribution is 2.22. The number of rotatable bonds is 4. The van der Waals surface area contributed by atoms with Crippen LogP contribution in [0.4, 0.5) is 5.69 Å². The third-order valence-corrected chi connectivity index (χ3v) is 2.24. The standard InChI is InChI=1S/C12H13N2O3/c1-3-11(15)9-7-8(12(16)17-4-2)5-6-10(9)14-13/h5-7H,3-4H2,1-2H3/q+1. The fourth-order valence-corrected chi connectivity index (χ4v) is 1.38. The van der Waals surface area contributed by atoms with Gasteiger partial charge in [0.15, 0.2) is 10.8 Å². The lowest BCUT2D eigenvalue weighted by Crippen LogP contribution is -2.06. The summed E-state index contributed by atoms with van der Waals surface area (Å²) < 4.78 is 4.83. The first-order valence-corrected chi connectivity index (χ1v) is 5.33. The summed E-state index contributed by atoms with van der Waals surface area (Å²) in [6, 6.07) is 4.26. The molecule has 0 unspecified atom stereocenters. The van der Waals surface area contributed by atoms with Gasteiger partial charge in [-0.05, 0) is 19.1 Å². The van der Waals surface area contributed by atoms with E-state index in [1.807, 2.05) is 0 Å². The molecule has 17 heavy (non-hydrogen) atoms. The van der Waals surface area contributed by atoms with E-state index in [1.54, 1.807) is 13.8 Å². The second-order valence-corrected chi connectivity index (χ2v) is 3.33. The molecule has 0 radical (unpaired) electrons. The smallest absolute Gasteiger partial charge is 0.395 e. The highest BCUT2D eigenvalue weighted by molar-refractivity contribution is 6.03. The first-order chi connectivity index (χ1) is 8.13. The molecule has 0 heterocycles. The Morgan fingerprint density at radius 2 is 2.06 bits per heavy atom. The van der Waals surface area contributed by atoms with Gasteiger partial charge in [-0.25, -0.2) is 4.79 Å². The number of carbonyl (C=O) groups is 2. The molecule has 1 rings (SSSR count). The quantitative estimate of drug-likeness (QED) is 0.455. The van der Waals surface area contributed by atoms with E-state index in [0.717, 1.165) is 0 Å². The number of ether oxygens (including phenoxy) is 1. The Labute approximate surface area is 99.0 Å². The van der Waals surface area contributed by atoms with Crippen LogP contribution in [0.3, 0.4) is 0 Å². The lowest BCUT2D eigenvalue weighted by molar-refractivity contribution is 0.0526. The zero-order valence-electron chi connectivity index (χ0n) is 9.77. The molecule has 0 spiro atoms. The summed E-state index contributed by atoms with van der Waals surface area (Å²) in [5.74, 6) is -0.689. The maximum atomic E-state index is 11.6. The van der Waals surface area contributed by atoms with E-state index in [4.69, 9.17) is 10.1 Å². The van der Waals surface area contributed by atoms with Crippen LogP contribution in [-0.2, 0) is 4.74 Å². The van der Waals surface area contributed by atoms with Crippen molar-refractivity contribution >= 4 is 17.4 Å². The Kier molecular flexibility index (Phi) is 4.35. The molecule has 0 aliphatic rings. The fourth-order valence-electron chi connectivity index (χ4n) is 1.38. The highest BCUT2D eigenvalue weighted by Gasteiger charge is 2.21. The van der Waals surface area contributed by atoms with Crippen molar-refractivity contribution in [3.63, 3.8) is 0 Å². The average molecular weight is 233 g/mol. The molecule has 0 atom stereocenters. The van der Waals surface area contributed by atoms with E-state index in [-0.39, 0.29) is 35.6 Å². The van der Waals surface area contributed by atoms with E-state index < -0.39 is 5.97 Å². The zero-order valence-corrected chi connectivity index (χ0v) is 9.77. The van der Waals surface area contributed by atoms with Gasteiger partial charge in [0, 0.05) is 12.5 Å². The number of Topliss-reactive ketones (excluding diaryl/α,β-unsaturated/α-hetero) is 1. The third-order valence-electron chi connectivity index (χ3n) is 2.24. The number of carbonyl (C=O) groups excluding carboxylic acids is 2. The van der Waals surface area contributed by atoms with Crippen molar-refractivity contribution in [2.75, 3.05) is 6.61 Å². The zero-order chi connectivity index (χ0) is 12.8. The first kappa shape index (κ1) is 12.8. The summed E-state index contributed by atoms with van der Waals surface area (Å²) in [4.78, 5) is 26.1. The maximum absolute atomic E-state index is 11.6. The maximum Gasteiger partial charge on any atom is 0.395 e. The van der Waals surface area contributed by atoms with Gasteiger partial charge in [-0.1, -0.05) is 6.92 Å². The highest BCUT2D eigenvalue weighted by atomic mass is 16.5. The van der Waals surface area contributed by atoms with Gasteiger partial charge in [0.25, 0.3) is 0 Å². The van der Waals surface area contributed by atoms with Crippen LogP contribution in [-0.4, -0.2) is 18.4 Å². The lowest BCUT2D eigenvalue weighted by atomic mass is 10.0. The number of hydrogen-bond acceptors (Lipinski definition) is 4. The molecule has 0 saturated carbocycles. The number of esters is 1. The van der Waals surface area contributed by atoms with Crippen LogP contribution in [0.25, 0.3) is 4.98 Å². The van der Waals surface area contributed by atoms with E-state index >= 15 is 0 Å². The van der Waals surface area contributed by atoms with Gasteiger partial charge in [0.05, 0.1) is 12.2 Å². The van der Waals surface area contributed by atoms with Crippen LogP contribution in [0, 0.1) is 5.39 Å². The van der Waals surface area contributed by atoms with Gasteiger partial charge in [0.1, 0.15) is 5.56 Å². The number of diazo groups is 1. The van der Waals surface area contributed by atoms with Gasteiger partial charge in [-0.3, -0.25) is 4.79 Å². The molecule has 1 aromatic rings. The molecule has 0 N–H and O–H groups in total. The average Bonchev–Trinajstić information content (AvgIpc) is 2.37. The SMILES string of the molecule is CCOC(=O)c1ccc([N+]#N)c(C(=O)CC)c1. The van der Waals surface area contributed by atoms with E-state index in [1.165, 1.54) is 18.2 Å². The van der Waals surface area contributed by atoms with Crippen LogP contribution >= 0.6 is 0 Å². The van der Waals surface area contributed by atoms with E-state index in [2.05, 4.69) is 4.98 Å². The summed E-state index contributed by atoms with van der Waals surface area (Å²) in [6.07, 6.45) is 0.273. The van der Waals surface area contributed by atoms with Gasteiger partial charge in [-0.2, -0.15) is 0 Å². The molecule has 88 valence electrons. The molecular weight excluding hydrogens is 220 g/mol. The monoisotopic (exact) mass is 233 g/mol. The Hall–Kier alpha value is -2.22. The Morgan fingerprint density at radius 1 is 1.35 bits per heavy atom. The van der Waals surface area contributed by atoms with Crippen molar-refractivity contribution in [3.05, 3.63) is 34.3 Å². The second-order valence-electron chi connectivity index (χ2n) is 3.33. The van der Waals surface area contributed by atoms with Gasteiger partial charge in [0.2, 0.25) is 5.39 Å². The fraction of sp³-hybridized carbons (Fsp3) is 0.333. The van der Waals surface area contributed by atoms with Crippen molar-refractivity contribution in [2.24, 2.45) is 0 Å². The van der Waals surface area contributed by atoms with Crippen molar-refractivity contribution in [2.45, 2.75) is 20.3 Å². The number of hydrogen-bond donors (Lipinski definition) is 0. The molecular formula is C12H13N2O3+. The minimum atomic E-state index is -0.498. The molecule has 1 aromatic carbocycles. The minimum Gasteiger partial charge on any atom is -0.462 e. The normalized spacial score (nSPS) is 9.47. The molecule has 0 aromatic heterocycles. The summed E-state index contributed by atoms with van der Waals surface area (Å²) in [5, 5.41) is 8.75. The first-order valence-electron chi connectivity index (χ1n) is 5.33. The van der Waals surface area contributed by atoms with Crippen molar-refractivity contribution in [3.8, 4) is 0 Å². The molecule has 5 heteroatoms. The molecule has 0 fully saturated rings. The third kappa shape index (κ3) is 2.88. The molecule has 5 nitrogen and oxygen atoms in total. The predicted molar refractivity (Wildman–Crippen MR) is 61.8 cm³/mol. The van der Waals surface area contributed by atoms with Gasteiger partial charge < -0.3 is 4.74 Å². The largest absolute Gasteiger partial charge is 0.462 e. The summed E-state index contributed by atoms with van der Waals surface area (Å²) in [7, 11) is 0. The predicted octanol–water partition coefficient (Wildman–Crippen LogP) is 2.94. The van der Waals surface area contributed by atoms with Crippen molar-refractivity contribution in [1.29, 1.82) is 5.39 Å². The van der Waals surface area contributed by atoms with Crippen LogP contribution in [0.1, 0.15) is 41.0 Å². The number of benzene rings is 1. The summed E-state index contributed by atoms with van der Waals surface area (Å²) in [5.41, 5.74) is 0.654. The van der Waals surface area contributed by atoms with E-state index in [0.29, 0.717) is 0 Å². The van der Waals surface area contributed by atoms with Crippen LogP contribution in [0.2, 0.25) is 0 Å². The topological polar surface area (TPSA) is 71.5 Å². The number of ketones is 1. The van der Waals surface area contributed by atoms with Crippen molar-refractivity contribution < 1.29 is 14.3 Å². The molecule has 0 aliphatic heterocycles. The minimum absolute atomic E-state index is 0.157. The molecule has 0 aliphatic carbocycles. The molecule has 0 bridgehead atoms. The van der Waals surface area contributed by atoms with E-state index in [9.17, 15) is 9.59 Å². The Morgan fingerprint density at radius 3 is 2.59 bits per heavy atom. The lowest BCUT2D eigenvalue weighted by Gasteiger charge is -2.02. The molecule has 0 amide bonds. The molecule has 0 saturated heterocycles. The van der Waals surface area contributed by atoms with Crippen LogP contribution < -0.4 is 0 Å². The van der Waals surface area contributed by atoms with Gasteiger partial charge in [-0.15, -0.1) is 0 Å². The van der Waals surface area contributed by atoms with Crippen LogP contribution in [0.5, 0.6) is 0 Å². The Balaban J connectivity index is 3.19. The number of nitrogens with zero attached hydrogens (tertiary/aromatic N) is 2. The Bertz CT molecular complexity index is 489. The van der Waals surface area contributed by atoms with Gasteiger partial charge >= 0.3 is 11.7 Å². The summed E-state index contributed by atoms with van der Waals surface area (Å²) in [6.45, 7) is 3.66.